The summed E-state index contributed by atoms with van der Waals surface area (Å²) in [5.41, 5.74) is 0. The molecule has 1 N–H and O–H groups in total. The predicted molar refractivity (Wildman–Crippen MR) is 44.9 cm³/mol. The Morgan fingerprint density at radius 2 is 2.23 bits per heavy atom. The van der Waals surface area contributed by atoms with Crippen LogP contribution in [-0.2, 0) is 14.4 Å². The van der Waals surface area contributed by atoms with Gasteiger partial charge in [0.25, 0.3) is 0 Å². The molecule has 1 aliphatic heterocycles. The summed E-state index contributed by atoms with van der Waals surface area (Å²) < 4.78 is 5.11. The number of methoxy groups -OCH3 is 1. The summed E-state index contributed by atoms with van der Waals surface area (Å²) in [6, 6.07) is 0. The van der Waals surface area contributed by atoms with Crippen molar-refractivity contribution in [3.8, 4) is 0 Å². The molecular formula is C8H15NO4. The van der Waals surface area contributed by atoms with E-state index in [1.165, 1.54) is 0 Å². The van der Waals surface area contributed by atoms with E-state index in [-0.39, 0.29) is 12.1 Å². The third-order valence-corrected chi connectivity index (χ3v) is 2.36. The Morgan fingerprint density at radius 3 is 2.69 bits per heavy atom. The highest BCUT2D eigenvalue weighted by atomic mass is 16.7. The average molecular weight is 189 g/mol. The second-order valence-electron chi connectivity index (χ2n) is 3.07. The molecule has 0 spiro atoms. The lowest BCUT2D eigenvalue weighted by atomic mass is 9.97. The van der Waals surface area contributed by atoms with Gasteiger partial charge in [0.15, 0.2) is 0 Å². The lowest BCUT2D eigenvalue weighted by Gasteiger charge is -2.34. The first-order chi connectivity index (χ1) is 6.19. The van der Waals surface area contributed by atoms with Crippen molar-refractivity contribution in [2.75, 3.05) is 20.8 Å². The van der Waals surface area contributed by atoms with Crippen LogP contribution in [-0.4, -0.2) is 43.1 Å². The summed E-state index contributed by atoms with van der Waals surface area (Å²) in [5.74, 6) is -1.06. The smallest absolute Gasteiger partial charge is 0.306 e. The molecule has 2 atom stereocenters. The van der Waals surface area contributed by atoms with Gasteiger partial charge in [0.05, 0.1) is 13.0 Å². The highest BCUT2D eigenvalue weighted by Gasteiger charge is 2.32. The molecule has 5 heteroatoms. The molecule has 13 heavy (non-hydrogen) atoms. The molecular weight excluding hydrogens is 174 g/mol. The number of piperidine rings is 1. The summed E-state index contributed by atoms with van der Waals surface area (Å²) in [7, 11) is 3.12. The number of hydrogen-bond donors (Lipinski definition) is 1. The summed E-state index contributed by atoms with van der Waals surface area (Å²) >= 11 is 0. The number of carboxylic acids is 1. The van der Waals surface area contributed by atoms with E-state index in [2.05, 4.69) is 0 Å². The first kappa shape index (κ1) is 10.4. The largest absolute Gasteiger partial charge is 0.481 e. The zero-order valence-electron chi connectivity index (χ0n) is 7.90. The first-order valence-electron chi connectivity index (χ1n) is 4.25. The van der Waals surface area contributed by atoms with Crippen molar-refractivity contribution in [3.63, 3.8) is 0 Å². The fraction of sp³-hybridized carbons (Fsp3) is 0.875. The summed E-state index contributed by atoms with van der Waals surface area (Å²) in [6.45, 7) is 0.603. The Morgan fingerprint density at radius 1 is 1.54 bits per heavy atom. The van der Waals surface area contributed by atoms with Crippen LogP contribution in [0.2, 0.25) is 0 Å². The van der Waals surface area contributed by atoms with Crippen molar-refractivity contribution < 1.29 is 19.5 Å². The third-order valence-electron chi connectivity index (χ3n) is 2.36. The molecule has 0 radical (unpaired) electrons. The van der Waals surface area contributed by atoms with Gasteiger partial charge < -0.3 is 9.84 Å². The topological polar surface area (TPSA) is 59.0 Å². The second kappa shape index (κ2) is 4.55. The van der Waals surface area contributed by atoms with Crippen LogP contribution >= 0.6 is 0 Å². The molecule has 1 rings (SSSR count). The Balaban J connectivity index is 2.52. The normalized spacial score (nSPS) is 30.3. The number of aliphatic carboxylic acids is 1. The van der Waals surface area contributed by atoms with Gasteiger partial charge in [-0.15, -0.1) is 0 Å². The fourth-order valence-electron chi connectivity index (χ4n) is 1.55. The van der Waals surface area contributed by atoms with Gasteiger partial charge in [-0.25, -0.2) is 0 Å². The molecule has 76 valence electrons. The number of nitrogens with zero attached hydrogens (tertiary/aromatic N) is 1. The second-order valence-corrected chi connectivity index (χ2v) is 3.07. The monoisotopic (exact) mass is 189 g/mol. The minimum Gasteiger partial charge on any atom is -0.481 e. The summed E-state index contributed by atoms with van der Waals surface area (Å²) in [5, 5.41) is 10.5. The van der Waals surface area contributed by atoms with Gasteiger partial charge in [0.2, 0.25) is 0 Å². The average Bonchev–Trinajstić information content (AvgIpc) is 2.16. The standard InChI is InChI=1S/C8H15NO4/c1-12-7-5-6(8(10)11)3-4-9(7)13-2/h6-7H,3-5H2,1-2H3,(H,10,11). The maximum atomic E-state index is 10.7. The van der Waals surface area contributed by atoms with E-state index in [0.29, 0.717) is 19.4 Å². The Hall–Kier alpha value is -0.650. The maximum absolute atomic E-state index is 10.7. The van der Waals surface area contributed by atoms with Crippen LogP contribution in [0.5, 0.6) is 0 Å². The number of hydroxylamine groups is 2. The molecule has 0 amide bonds. The highest BCUT2D eigenvalue weighted by molar-refractivity contribution is 5.70. The van der Waals surface area contributed by atoms with Gasteiger partial charge >= 0.3 is 5.97 Å². The molecule has 1 fully saturated rings. The Labute approximate surface area is 77.2 Å². The molecule has 0 aliphatic carbocycles. The maximum Gasteiger partial charge on any atom is 0.306 e. The Bertz CT molecular complexity index is 185. The highest BCUT2D eigenvalue weighted by Crippen LogP contribution is 2.23. The lowest BCUT2D eigenvalue weighted by molar-refractivity contribution is -0.249. The van der Waals surface area contributed by atoms with Crippen molar-refractivity contribution in [3.05, 3.63) is 0 Å². The van der Waals surface area contributed by atoms with Crippen molar-refractivity contribution in [2.45, 2.75) is 19.1 Å². The van der Waals surface area contributed by atoms with Crippen LogP contribution in [0.15, 0.2) is 0 Å². The van der Waals surface area contributed by atoms with Crippen LogP contribution in [0.25, 0.3) is 0 Å². The molecule has 5 nitrogen and oxygen atoms in total. The van der Waals surface area contributed by atoms with E-state index in [0.717, 1.165) is 0 Å². The van der Waals surface area contributed by atoms with E-state index in [1.54, 1.807) is 19.3 Å². The summed E-state index contributed by atoms with van der Waals surface area (Å²) in [4.78, 5) is 15.7. The van der Waals surface area contributed by atoms with E-state index in [4.69, 9.17) is 14.7 Å². The van der Waals surface area contributed by atoms with Gasteiger partial charge in [0, 0.05) is 20.1 Å². The molecule has 2 unspecified atom stereocenters. The number of rotatable bonds is 3. The fourth-order valence-corrected chi connectivity index (χ4v) is 1.55. The number of ether oxygens (including phenoxy) is 1. The molecule has 0 aromatic carbocycles. The summed E-state index contributed by atoms with van der Waals surface area (Å²) in [6.07, 6.45) is 0.864. The third kappa shape index (κ3) is 2.40. The lowest BCUT2D eigenvalue weighted by Crippen LogP contribution is -2.44. The minimum absolute atomic E-state index is 0.236. The molecule has 1 saturated heterocycles. The quantitative estimate of drug-likeness (QED) is 0.692. The van der Waals surface area contributed by atoms with Gasteiger partial charge in [-0.3, -0.25) is 9.63 Å². The van der Waals surface area contributed by atoms with E-state index in [1.807, 2.05) is 0 Å². The van der Waals surface area contributed by atoms with Gasteiger partial charge in [-0.2, -0.15) is 5.06 Å². The van der Waals surface area contributed by atoms with E-state index in [9.17, 15) is 4.79 Å². The molecule has 0 bridgehead atoms. The molecule has 0 aromatic heterocycles. The first-order valence-corrected chi connectivity index (χ1v) is 4.25. The van der Waals surface area contributed by atoms with Crippen LogP contribution in [0.3, 0.4) is 0 Å². The number of hydrogen-bond acceptors (Lipinski definition) is 4. The van der Waals surface area contributed by atoms with Crippen LogP contribution in [0.1, 0.15) is 12.8 Å². The molecule has 1 heterocycles. The van der Waals surface area contributed by atoms with E-state index >= 15 is 0 Å². The zero-order valence-corrected chi connectivity index (χ0v) is 7.90. The predicted octanol–water partition coefficient (Wildman–Crippen LogP) is 0.317. The van der Waals surface area contributed by atoms with Crippen molar-refractivity contribution >= 4 is 5.97 Å². The van der Waals surface area contributed by atoms with Crippen LogP contribution < -0.4 is 0 Å². The van der Waals surface area contributed by atoms with Gasteiger partial charge in [-0.05, 0) is 6.42 Å². The van der Waals surface area contributed by atoms with Crippen LogP contribution in [0.4, 0.5) is 0 Å². The van der Waals surface area contributed by atoms with Crippen molar-refractivity contribution in [2.24, 2.45) is 5.92 Å². The van der Waals surface area contributed by atoms with Gasteiger partial charge in [0.1, 0.15) is 6.23 Å². The molecule has 0 aromatic rings. The molecule has 0 saturated carbocycles. The molecule has 1 aliphatic rings. The van der Waals surface area contributed by atoms with Gasteiger partial charge in [-0.1, -0.05) is 0 Å². The van der Waals surface area contributed by atoms with Crippen molar-refractivity contribution in [1.82, 2.24) is 5.06 Å². The van der Waals surface area contributed by atoms with Crippen LogP contribution in [0, 0.1) is 5.92 Å². The SMILES string of the molecule is COC1CC(C(=O)O)CCN1OC. The Kier molecular flexibility index (Phi) is 3.65. The number of carbonyl (C=O) groups is 1. The van der Waals surface area contributed by atoms with E-state index < -0.39 is 5.97 Å². The number of carboxylic acid groups (broad SMARTS) is 1. The zero-order chi connectivity index (χ0) is 9.84. The minimum atomic E-state index is -0.752. The van der Waals surface area contributed by atoms with Crippen molar-refractivity contribution in [1.29, 1.82) is 0 Å².